The van der Waals surface area contributed by atoms with E-state index in [1.54, 1.807) is 0 Å². The molecule has 0 aromatic heterocycles. The fraction of sp³-hybridized carbons (Fsp3) is 0.448. The number of aliphatic hydroxyl groups is 1. The highest BCUT2D eigenvalue weighted by atomic mass is 35.5. The second-order valence-corrected chi connectivity index (χ2v) is 13.8. The second kappa shape index (κ2) is 11.4. The number of halogens is 4. The molecule has 2 saturated carbocycles. The van der Waals surface area contributed by atoms with E-state index in [0.29, 0.717) is 31.4 Å². The molecule has 3 atom stereocenters. The zero-order valence-corrected chi connectivity index (χ0v) is 23.6. The number of hydrogen-bond donors (Lipinski definition) is 3. The summed E-state index contributed by atoms with van der Waals surface area (Å²) in [6.07, 6.45) is 7.84. The lowest BCUT2D eigenvalue weighted by molar-refractivity contribution is -0.128. The van der Waals surface area contributed by atoms with E-state index in [0.717, 1.165) is 18.9 Å². The SMILES string of the molecule is O=C(Nc1cc(F)c(F)c(F)c1)c1ccc(Cl)c(S(=O)(=O)[C@H]2CC3CCC(C2)[C@]3(O)CNC(=O)C2CC=CCC2)c1. The number of anilines is 1. The Morgan fingerprint density at radius 1 is 1.00 bits per heavy atom. The van der Waals surface area contributed by atoms with Gasteiger partial charge in [-0.25, -0.2) is 21.6 Å². The molecule has 3 aliphatic rings. The Morgan fingerprint density at radius 2 is 1.66 bits per heavy atom. The lowest BCUT2D eigenvalue weighted by Crippen LogP contribution is -2.55. The topological polar surface area (TPSA) is 113 Å². The molecule has 3 N–H and O–H groups in total. The Hall–Kier alpha value is -2.89. The lowest BCUT2D eigenvalue weighted by atomic mass is 9.74. The third-order valence-corrected chi connectivity index (χ3v) is 11.4. The van der Waals surface area contributed by atoms with Gasteiger partial charge in [0.25, 0.3) is 5.91 Å². The Bertz CT molecular complexity index is 1480. The predicted molar refractivity (Wildman–Crippen MR) is 147 cm³/mol. The van der Waals surface area contributed by atoms with E-state index in [4.69, 9.17) is 11.6 Å². The lowest BCUT2D eigenvalue weighted by Gasteiger charge is -2.42. The first-order valence-electron chi connectivity index (χ1n) is 13.5. The fourth-order valence-corrected chi connectivity index (χ4v) is 8.83. The summed E-state index contributed by atoms with van der Waals surface area (Å²) in [5.41, 5.74) is -1.69. The first-order valence-corrected chi connectivity index (χ1v) is 15.5. The quantitative estimate of drug-likeness (QED) is 0.296. The molecule has 12 heteroatoms. The Morgan fingerprint density at radius 3 is 2.27 bits per heavy atom. The minimum atomic E-state index is -4.05. The van der Waals surface area contributed by atoms with Crippen molar-refractivity contribution in [2.24, 2.45) is 17.8 Å². The van der Waals surface area contributed by atoms with Crippen molar-refractivity contribution in [1.29, 1.82) is 0 Å². The van der Waals surface area contributed by atoms with E-state index in [1.165, 1.54) is 12.1 Å². The monoisotopic (exact) mass is 610 g/mol. The number of nitrogens with one attached hydrogen (secondary N) is 2. The molecule has 2 aromatic rings. The van der Waals surface area contributed by atoms with Gasteiger partial charge < -0.3 is 15.7 Å². The van der Waals surface area contributed by atoms with Crippen molar-refractivity contribution < 1.29 is 36.3 Å². The number of carbonyl (C=O) groups is 2. The third-order valence-electron chi connectivity index (χ3n) is 8.74. The van der Waals surface area contributed by atoms with E-state index in [9.17, 15) is 36.3 Å². The average molecular weight is 611 g/mol. The molecule has 2 fully saturated rings. The second-order valence-electron chi connectivity index (χ2n) is 11.2. The van der Waals surface area contributed by atoms with Crippen LogP contribution in [-0.2, 0) is 14.6 Å². The van der Waals surface area contributed by atoms with Crippen LogP contribution < -0.4 is 10.6 Å². The summed E-state index contributed by atoms with van der Waals surface area (Å²) in [6, 6.07) is 4.83. The van der Waals surface area contributed by atoms with Crippen LogP contribution in [0.2, 0.25) is 5.02 Å². The molecule has 7 nitrogen and oxygen atoms in total. The molecule has 0 heterocycles. The van der Waals surface area contributed by atoms with Crippen molar-refractivity contribution in [3.05, 3.63) is 70.5 Å². The van der Waals surface area contributed by atoms with Gasteiger partial charge >= 0.3 is 0 Å². The van der Waals surface area contributed by atoms with Gasteiger partial charge in [-0.05, 0) is 75.0 Å². The first kappa shape index (κ1) is 29.6. The number of amides is 2. The van der Waals surface area contributed by atoms with Crippen LogP contribution in [0.1, 0.15) is 55.3 Å². The van der Waals surface area contributed by atoms with E-state index in [1.807, 2.05) is 12.2 Å². The Balaban J connectivity index is 1.30. The summed E-state index contributed by atoms with van der Waals surface area (Å²) in [4.78, 5) is 25.2. The molecule has 3 unspecified atom stereocenters. The normalized spacial score (nSPS) is 27.4. The standard InChI is InChI=1S/C29H30ClF3N2O5S/c30-22-9-6-17(28(37)35-20-13-23(31)26(33)24(32)14-20)10-25(22)41(39,40)21-11-18-7-8-19(12-21)29(18,38)15-34-27(36)16-4-2-1-3-5-16/h1-2,6,9-10,13-14,16,18-19,21,38H,3-5,7-8,11-12,15H2,(H,34,36)(H,35,37)/t16?,18?,19?,21-,29-. The van der Waals surface area contributed by atoms with Crippen LogP contribution in [0.15, 0.2) is 47.4 Å². The zero-order chi connectivity index (χ0) is 29.5. The summed E-state index contributed by atoms with van der Waals surface area (Å²) >= 11 is 6.27. The maximum Gasteiger partial charge on any atom is 0.255 e. The summed E-state index contributed by atoms with van der Waals surface area (Å²) < 4.78 is 67.9. The molecule has 0 spiro atoms. The Labute approximate surface area is 241 Å². The number of fused-ring (bicyclic) bond motifs is 2. The summed E-state index contributed by atoms with van der Waals surface area (Å²) in [5, 5.41) is 15.7. The Kier molecular flexibility index (Phi) is 8.24. The third kappa shape index (κ3) is 5.76. The van der Waals surface area contributed by atoms with Gasteiger partial charge in [-0.1, -0.05) is 23.8 Å². The van der Waals surface area contributed by atoms with Gasteiger partial charge in [0.15, 0.2) is 27.3 Å². The number of carbonyl (C=O) groups excluding carboxylic acids is 2. The minimum absolute atomic E-state index is 0.0646. The number of hydrogen-bond acceptors (Lipinski definition) is 5. The fourth-order valence-electron chi connectivity index (χ4n) is 6.43. The summed E-state index contributed by atoms with van der Waals surface area (Å²) in [7, 11) is -4.05. The van der Waals surface area contributed by atoms with E-state index >= 15 is 0 Å². The van der Waals surface area contributed by atoms with Crippen molar-refractivity contribution in [1.82, 2.24) is 5.32 Å². The van der Waals surface area contributed by atoms with Crippen LogP contribution in [0.3, 0.4) is 0 Å². The van der Waals surface area contributed by atoms with Crippen LogP contribution in [0.25, 0.3) is 0 Å². The van der Waals surface area contributed by atoms with Crippen LogP contribution in [-0.4, -0.2) is 42.7 Å². The summed E-state index contributed by atoms with van der Waals surface area (Å²) in [6.45, 7) is 0.0646. The van der Waals surface area contributed by atoms with Crippen molar-refractivity contribution in [2.75, 3.05) is 11.9 Å². The van der Waals surface area contributed by atoms with Gasteiger partial charge in [0.1, 0.15) is 0 Å². The average Bonchev–Trinajstić information content (AvgIpc) is 3.10. The molecule has 220 valence electrons. The highest BCUT2D eigenvalue weighted by molar-refractivity contribution is 7.92. The maximum absolute atomic E-state index is 13.8. The number of benzene rings is 2. The van der Waals surface area contributed by atoms with E-state index in [2.05, 4.69) is 10.6 Å². The van der Waals surface area contributed by atoms with E-state index < -0.39 is 44.0 Å². The summed E-state index contributed by atoms with van der Waals surface area (Å²) in [5.74, 6) is -6.46. The van der Waals surface area contributed by atoms with Gasteiger partial charge in [-0.15, -0.1) is 0 Å². The highest BCUT2D eigenvalue weighted by Crippen LogP contribution is 2.52. The molecule has 2 amide bonds. The van der Waals surface area contributed by atoms with Gasteiger partial charge in [-0.2, -0.15) is 0 Å². The molecule has 2 aromatic carbocycles. The number of allylic oxidation sites excluding steroid dienone is 2. The zero-order valence-electron chi connectivity index (χ0n) is 22.0. The molecule has 0 aliphatic heterocycles. The highest BCUT2D eigenvalue weighted by Gasteiger charge is 2.55. The van der Waals surface area contributed by atoms with Crippen LogP contribution >= 0.6 is 11.6 Å². The van der Waals surface area contributed by atoms with Crippen molar-refractivity contribution in [3.8, 4) is 0 Å². The van der Waals surface area contributed by atoms with Crippen LogP contribution in [0, 0.1) is 35.2 Å². The molecule has 2 bridgehead atoms. The largest absolute Gasteiger partial charge is 0.387 e. The predicted octanol–water partition coefficient (Wildman–Crippen LogP) is 5.18. The minimum Gasteiger partial charge on any atom is -0.387 e. The molecule has 3 aliphatic carbocycles. The van der Waals surface area contributed by atoms with E-state index in [-0.39, 0.29) is 64.2 Å². The molecular weight excluding hydrogens is 581 g/mol. The molecule has 5 rings (SSSR count). The van der Waals surface area contributed by atoms with Crippen molar-refractivity contribution >= 4 is 38.9 Å². The molecule has 41 heavy (non-hydrogen) atoms. The molecule has 0 saturated heterocycles. The number of rotatable bonds is 7. The van der Waals surface area contributed by atoms with Gasteiger partial charge in [-0.3, -0.25) is 9.59 Å². The van der Waals surface area contributed by atoms with Crippen LogP contribution in [0.5, 0.6) is 0 Å². The molecule has 0 radical (unpaired) electrons. The molecular formula is C29H30ClF3N2O5S. The maximum atomic E-state index is 13.8. The smallest absolute Gasteiger partial charge is 0.255 e. The van der Waals surface area contributed by atoms with Gasteiger partial charge in [0, 0.05) is 35.8 Å². The van der Waals surface area contributed by atoms with Crippen molar-refractivity contribution in [3.63, 3.8) is 0 Å². The van der Waals surface area contributed by atoms with Gasteiger partial charge in [0.05, 0.1) is 20.8 Å². The van der Waals surface area contributed by atoms with Crippen LogP contribution in [0.4, 0.5) is 18.9 Å². The number of sulfone groups is 1. The van der Waals surface area contributed by atoms with Crippen molar-refractivity contribution in [2.45, 2.75) is 60.7 Å². The first-order chi connectivity index (χ1) is 19.4. The van der Waals surface area contributed by atoms with Gasteiger partial charge in [0.2, 0.25) is 5.91 Å².